The Labute approximate surface area is 104 Å². The summed E-state index contributed by atoms with van der Waals surface area (Å²) >= 11 is 1.91. The van der Waals surface area contributed by atoms with Crippen LogP contribution in [0.4, 0.5) is 0 Å². The van der Waals surface area contributed by atoms with Gasteiger partial charge in [-0.25, -0.2) is 0 Å². The number of hydrogen-bond acceptors (Lipinski definition) is 2. The van der Waals surface area contributed by atoms with Crippen LogP contribution in [0.5, 0.6) is 0 Å². The van der Waals surface area contributed by atoms with E-state index in [0.717, 1.165) is 5.92 Å². The van der Waals surface area contributed by atoms with Crippen molar-refractivity contribution in [3.05, 3.63) is 0 Å². The van der Waals surface area contributed by atoms with Crippen LogP contribution in [0.3, 0.4) is 0 Å². The zero-order chi connectivity index (χ0) is 11.4. The van der Waals surface area contributed by atoms with E-state index in [-0.39, 0.29) is 0 Å². The number of nitrogens with zero attached hydrogens (tertiary/aromatic N) is 1. The third-order valence-electron chi connectivity index (χ3n) is 3.85. The van der Waals surface area contributed by atoms with E-state index >= 15 is 0 Å². The van der Waals surface area contributed by atoms with Gasteiger partial charge in [0.2, 0.25) is 0 Å². The van der Waals surface area contributed by atoms with Gasteiger partial charge in [-0.05, 0) is 44.9 Å². The fourth-order valence-corrected chi connectivity index (χ4v) is 3.75. The number of thioether (sulfide) groups is 1. The largest absolute Gasteiger partial charge is 0.362 e. The summed E-state index contributed by atoms with van der Waals surface area (Å²) in [6.07, 6.45) is 8.01. The Morgan fingerprint density at radius 1 is 1.25 bits per heavy atom. The number of amidine groups is 1. The smallest absolute Gasteiger partial charge is 0.157 e. The van der Waals surface area contributed by atoms with Crippen LogP contribution in [0.2, 0.25) is 0 Å². The van der Waals surface area contributed by atoms with E-state index in [1.807, 2.05) is 11.8 Å². The standard InChI is InChI=1S/C13H24N2S/c1-3-11-4-6-12(7-5-11)15-13-14-10(2)8-9-16-13/h10-12H,3-9H2,1-2H3,(H,14,15). The van der Waals surface area contributed by atoms with Crippen LogP contribution >= 0.6 is 11.8 Å². The van der Waals surface area contributed by atoms with Crippen LogP contribution in [0.25, 0.3) is 0 Å². The Morgan fingerprint density at radius 2 is 2.00 bits per heavy atom. The highest BCUT2D eigenvalue weighted by molar-refractivity contribution is 8.13. The highest BCUT2D eigenvalue weighted by atomic mass is 32.2. The van der Waals surface area contributed by atoms with Crippen molar-refractivity contribution < 1.29 is 0 Å². The predicted molar refractivity (Wildman–Crippen MR) is 73.1 cm³/mol. The second-order valence-electron chi connectivity index (χ2n) is 5.20. The summed E-state index contributed by atoms with van der Waals surface area (Å²) in [5.41, 5.74) is 0. The maximum atomic E-state index is 4.88. The van der Waals surface area contributed by atoms with E-state index in [1.165, 1.54) is 49.4 Å². The Kier molecular flexibility index (Phi) is 4.56. The van der Waals surface area contributed by atoms with Crippen molar-refractivity contribution in [1.82, 2.24) is 5.32 Å². The highest BCUT2D eigenvalue weighted by Crippen LogP contribution is 2.29. The molecule has 1 unspecified atom stereocenters. The maximum absolute atomic E-state index is 4.88. The van der Waals surface area contributed by atoms with E-state index in [9.17, 15) is 0 Å². The van der Waals surface area contributed by atoms with Gasteiger partial charge in [-0.15, -0.1) is 0 Å². The van der Waals surface area contributed by atoms with Gasteiger partial charge in [-0.2, -0.15) is 0 Å². The van der Waals surface area contributed by atoms with Crippen molar-refractivity contribution in [3.8, 4) is 0 Å². The summed E-state index contributed by atoms with van der Waals surface area (Å²) in [4.78, 5) is 4.88. The van der Waals surface area contributed by atoms with Crippen molar-refractivity contribution in [2.45, 2.75) is 64.5 Å². The second-order valence-corrected chi connectivity index (χ2v) is 6.28. The zero-order valence-corrected chi connectivity index (χ0v) is 11.4. The van der Waals surface area contributed by atoms with Gasteiger partial charge in [0.15, 0.2) is 5.17 Å². The molecule has 1 aliphatic heterocycles. The molecule has 2 aliphatic rings. The van der Waals surface area contributed by atoms with Crippen LogP contribution in [0.15, 0.2) is 4.99 Å². The fraction of sp³-hybridized carbons (Fsp3) is 0.923. The van der Waals surface area contributed by atoms with Gasteiger partial charge >= 0.3 is 0 Å². The van der Waals surface area contributed by atoms with Crippen LogP contribution in [-0.2, 0) is 0 Å². The van der Waals surface area contributed by atoms with E-state index in [2.05, 4.69) is 19.2 Å². The molecule has 1 aliphatic carbocycles. The first-order valence-electron chi connectivity index (χ1n) is 6.75. The maximum Gasteiger partial charge on any atom is 0.157 e. The average Bonchev–Trinajstić information content (AvgIpc) is 2.30. The monoisotopic (exact) mass is 240 g/mol. The van der Waals surface area contributed by atoms with Crippen molar-refractivity contribution in [1.29, 1.82) is 0 Å². The third kappa shape index (κ3) is 3.41. The molecule has 1 heterocycles. The molecule has 0 aromatic heterocycles. The Balaban J connectivity index is 1.82. The molecule has 2 fully saturated rings. The molecule has 2 nitrogen and oxygen atoms in total. The summed E-state index contributed by atoms with van der Waals surface area (Å²) in [6, 6.07) is 1.22. The summed E-state index contributed by atoms with van der Waals surface area (Å²) < 4.78 is 0. The minimum atomic E-state index is 0.600. The number of nitrogens with one attached hydrogen (secondary N) is 1. The summed E-state index contributed by atoms with van der Waals surface area (Å²) in [5.74, 6) is 2.21. The Bertz CT molecular complexity index is 244. The van der Waals surface area contributed by atoms with Crippen LogP contribution in [0, 0.1) is 5.92 Å². The molecule has 1 saturated heterocycles. The van der Waals surface area contributed by atoms with Crippen molar-refractivity contribution in [2.24, 2.45) is 10.9 Å². The SMILES string of the molecule is CCC1CCC(N=C2NC(C)CCS2)CC1. The number of hydrogen-bond donors (Lipinski definition) is 1. The molecule has 16 heavy (non-hydrogen) atoms. The molecule has 0 radical (unpaired) electrons. The molecule has 92 valence electrons. The van der Waals surface area contributed by atoms with Gasteiger partial charge in [0, 0.05) is 11.8 Å². The summed E-state index contributed by atoms with van der Waals surface area (Å²) in [7, 11) is 0. The molecule has 2 rings (SSSR count). The first kappa shape index (κ1) is 12.3. The van der Waals surface area contributed by atoms with Crippen LogP contribution in [-0.4, -0.2) is 23.0 Å². The minimum Gasteiger partial charge on any atom is -0.362 e. The molecule has 1 N–H and O–H groups in total. The molecule has 0 spiro atoms. The molecule has 3 heteroatoms. The normalized spacial score (nSPS) is 38.4. The molecule has 0 aromatic rings. The lowest BCUT2D eigenvalue weighted by Gasteiger charge is -2.28. The molecular formula is C13H24N2S. The molecular weight excluding hydrogens is 216 g/mol. The van der Waals surface area contributed by atoms with Gasteiger partial charge < -0.3 is 5.32 Å². The molecule has 0 amide bonds. The first-order chi connectivity index (χ1) is 7.78. The fourth-order valence-electron chi connectivity index (χ4n) is 2.58. The van der Waals surface area contributed by atoms with Gasteiger partial charge in [-0.1, -0.05) is 25.1 Å². The average molecular weight is 240 g/mol. The minimum absolute atomic E-state index is 0.600. The van der Waals surface area contributed by atoms with E-state index < -0.39 is 0 Å². The Hall–Kier alpha value is -0.180. The van der Waals surface area contributed by atoms with Crippen LogP contribution < -0.4 is 5.32 Å². The molecule has 1 atom stereocenters. The van der Waals surface area contributed by atoms with Gasteiger partial charge in [0.05, 0.1) is 6.04 Å². The van der Waals surface area contributed by atoms with Gasteiger partial charge in [0.1, 0.15) is 0 Å². The van der Waals surface area contributed by atoms with E-state index in [0.29, 0.717) is 12.1 Å². The molecule has 0 aromatic carbocycles. The quantitative estimate of drug-likeness (QED) is 0.799. The van der Waals surface area contributed by atoms with Gasteiger partial charge in [-0.3, -0.25) is 4.99 Å². The third-order valence-corrected chi connectivity index (χ3v) is 4.79. The van der Waals surface area contributed by atoms with Gasteiger partial charge in [0.25, 0.3) is 0 Å². The van der Waals surface area contributed by atoms with E-state index in [1.54, 1.807) is 0 Å². The van der Waals surface area contributed by atoms with Crippen molar-refractivity contribution in [3.63, 3.8) is 0 Å². The topological polar surface area (TPSA) is 24.4 Å². The molecule has 0 bridgehead atoms. The lowest BCUT2D eigenvalue weighted by Crippen LogP contribution is -2.36. The van der Waals surface area contributed by atoms with Crippen LogP contribution in [0.1, 0.15) is 52.4 Å². The lowest BCUT2D eigenvalue weighted by molar-refractivity contribution is 0.320. The summed E-state index contributed by atoms with van der Waals surface area (Å²) in [6.45, 7) is 4.57. The highest BCUT2D eigenvalue weighted by Gasteiger charge is 2.21. The Morgan fingerprint density at radius 3 is 2.62 bits per heavy atom. The number of aliphatic imine (C=N–C) groups is 1. The molecule has 1 saturated carbocycles. The second kappa shape index (κ2) is 5.95. The van der Waals surface area contributed by atoms with Crippen molar-refractivity contribution in [2.75, 3.05) is 5.75 Å². The summed E-state index contributed by atoms with van der Waals surface area (Å²) in [5, 5.41) is 4.71. The van der Waals surface area contributed by atoms with E-state index in [4.69, 9.17) is 4.99 Å². The zero-order valence-electron chi connectivity index (χ0n) is 10.5. The number of rotatable bonds is 2. The lowest BCUT2D eigenvalue weighted by atomic mass is 9.85. The first-order valence-corrected chi connectivity index (χ1v) is 7.73. The van der Waals surface area contributed by atoms with Crippen molar-refractivity contribution >= 4 is 16.9 Å². The predicted octanol–water partition coefficient (Wildman–Crippen LogP) is 3.43.